The van der Waals surface area contributed by atoms with Crippen molar-refractivity contribution >= 4 is 11.8 Å². The van der Waals surface area contributed by atoms with Crippen molar-refractivity contribution in [2.75, 3.05) is 13.7 Å². The van der Waals surface area contributed by atoms with Crippen LogP contribution in [0.1, 0.15) is 54.2 Å². The quantitative estimate of drug-likeness (QED) is 0.752. The molecule has 2 aromatic carbocycles. The monoisotopic (exact) mass is 396 g/mol. The minimum atomic E-state index is -0.208. The third-order valence-corrected chi connectivity index (χ3v) is 4.91. The van der Waals surface area contributed by atoms with Crippen LogP contribution in [0.15, 0.2) is 42.5 Å². The molecule has 0 spiro atoms. The highest BCUT2D eigenvalue weighted by Crippen LogP contribution is 2.31. The number of aryl methyl sites for hydroxylation is 1. The lowest BCUT2D eigenvalue weighted by atomic mass is 9.87. The number of hydrogen-bond acceptors (Lipinski definition) is 4. The van der Waals surface area contributed by atoms with Crippen molar-refractivity contribution in [3.63, 3.8) is 0 Å². The number of methoxy groups -OCH3 is 1. The molecule has 0 saturated carbocycles. The van der Waals surface area contributed by atoms with E-state index in [1.54, 1.807) is 18.2 Å². The first kappa shape index (κ1) is 20.7. The topological polar surface area (TPSA) is 76.7 Å². The molecule has 2 N–H and O–H groups in total. The number of nitrogens with one attached hydrogen (secondary N) is 2. The molecule has 1 atom stereocenters. The standard InChI is InChI=1S/C23H28N2O4/c1-15(2)24-22(26)14-29-20-12-11-17(13-21(20)28-3)23(27)25-19-10-6-8-16-7-4-5-9-18(16)19/h4-5,7,9,11-13,15,19H,6,8,10,14H2,1-3H3,(H,24,26)(H,25,27)/t19-/m0/s1. The molecule has 1 aliphatic carbocycles. The number of ether oxygens (including phenoxy) is 2. The van der Waals surface area contributed by atoms with Gasteiger partial charge < -0.3 is 20.1 Å². The van der Waals surface area contributed by atoms with Crippen molar-refractivity contribution in [2.45, 2.75) is 45.2 Å². The highest BCUT2D eigenvalue weighted by molar-refractivity contribution is 5.95. The van der Waals surface area contributed by atoms with Gasteiger partial charge in [-0.3, -0.25) is 9.59 Å². The predicted molar refractivity (Wildman–Crippen MR) is 111 cm³/mol. The Labute approximate surface area is 171 Å². The second-order valence-electron chi connectivity index (χ2n) is 7.49. The van der Waals surface area contributed by atoms with Crippen LogP contribution in [0.4, 0.5) is 0 Å². The Morgan fingerprint density at radius 2 is 1.93 bits per heavy atom. The van der Waals surface area contributed by atoms with Crippen LogP contribution in [0.3, 0.4) is 0 Å². The summed E-state index contributed by atoms with van der Waals surface area (Å²) < 4.78 is 10.9. The zero-order chi connectivity index (χ0) is 20.8. The molecule has 0 saturated heterocycles. The van der Waals surface area contributed by atoms with Gasteiger partial charge in [-0.1, -0.05) is 24.3 Å². The zero-order valence-electron chi connectivity index (χ0n) is 17.2. The van der Waals surface area contributed by atoms with Crippen LogP contribution in [0, 0.1) is 0 Å². The van der Waals surface area contributed by atoms with Crippen molar-refractivity contribution in [1.29, 1.82) is 0 Å². The maximum absolute atomic E-state index is 12.8. The molecule has 2 aromatic rings. The van der Waals surface area contributed by atoms with E-state index in [2.05, 4.69) is 22.8 Å². The van der Waals surface area contributed by atoms with Crippen LogP contribution in [-0.4, -0.2) is 31.6 Å². The number of rotatable bonds is 7. The predicted octanol–water partition coefficient (Wildman–Crippen LogP) is 3.41. The summed E-state index contributed by atoms with van der Waals surface area (Å²) in [5.74, 6) is 0.471. The second-order valence-corrected chi connectivity index (χ2v) is 7.49. The smallest absolute Gasteiger partial charge is 0.258 e. The summed E-state index contributed by atoms with van der Waals surface area (Å²) >= 11 is 0. The molecular weight excluding hydrogens is 368 g/mol. The van der Waals surface area contributed by atoms with Crippen LogP contribution in [0.5, 0.6) is 11.5 Å². The average molecular weight is 396 g/mol. The Morgan fingerprint density at radius 3 is 2.69 bits per heavy atom. The molecule has 6 heteroatoms. The Balaban J connectivity index is 1.68. The van der Waals surface area contributed by atoms with E-state index >= 15 is 0 Å². The van der Waals surface area contributed by atoms with E-state index in [9.17, 15) is 9.59 Å². The van der Waals surface area contributed by atoms with Gasteiger partial charge in [-0.25, -0.2) is 0 Å². The van der Waals surface area contributed by atoms with E-state index in [1.165, 1.54) is 18.2 Å². The van der Waals surface area contributed by atoms with E-state index < -0.39 is 0 Å². The molecule has 6 nitrogen and oxygen atoms in total. The summed E-state index contributed by atoms with van der Waals surface area (Å²) in [7, 11) is 1.51. The van der Waals surface area contributed by atoms with Gasteiger partial charge >= 0.3 is 0 Å². The van der Waals surface area contributed by atoms with Crippen molar-refractivity contribution in [3.8, 4) is 11.5 Å². The molecule has 0 bridgehead atoms. The van der Waals surface area contributed by atoms with Gasteiger partial charge in [0.25, 0.3) is 11.8 Å². The van der Waals surface area contributed by atoms with E-state index in [4.69, 9.17) is 9.47 Å². The maximum atomic E-state index is 12.8. The number of hydrogen-bond donors (Lipinski definition) is 2. The molecule has 0 fully saturated rings. The third-order valence-electron chi connectivity index (χ3n) is 4.91. The van der Waals surface area contributed by atoms with Crippen LogP contribution in [-0.2, 0) is 11.2 Å². The molecule has 0 aromatic heterocycles. The minimum absolute atomic E-state index is 0.00843. The van der Waals surface area contributed by atoms with Crippen LogP contribution in [0.25, 0.3) is 0 Å². The van der Waals surface area contributed by atoms with Gasteiger partial charge in [-0.15, -0.1) is 0 Å². The molecule has 29 heavy (non-hydrogen) atoms. The van der Waals surface area contributed by atoms with E-state index in [-0.39, 0.29) is 30.5 Å². The van der Waals surface area contributed by atoms with Crippen molar-refractivity contribution < 1.29 is 19.1 Å². The van der Waals surface area contributed by atoms with Gasteiger partial charge in [0.05, 0.1) is 13.2 Å². The Kier molecular flexibility index (Phi) is 6.75. The first-order chi connectivity index (χ1) is 14.0. The van der Waals surface area contributed by atoms with Gasteiger partial charge in [0.15, 0.2) is 18.1 Å². The summed E-state index contributed by atoms with van der Waals surface area (Å²) in [6.45, 7) is 3.66. The van der Waals surface area contributed by atoms with Gasteiger partial charge in [0, 0.05) is 11.6 Å². The van der Waals surface area contributed by atoms with Crippen molar-refractivity contribution in [3.05, 3.63) is 59.2 Å². The normalized spacial score (nSPS) is 15.4. The lowest BCUT2D eigenvalue weighted by Crippen LogP contribution is -2.34. The minimum Gasteiger partial charge on any atom is -0.493 e. The maximum Gasteiger partial charge on any atom is 0.258 e. The van der Waals surface area contributed by atoms with Gasteiger partial charge in [0.1, 0.15) is 0 Å². The molecule has 0 heterocycles. The summed E-state index contributed by atoms with van der Waals surface area (Å²) in [6.07, 6.45) is 3.02. The van der Waals surface area contributed by atoms with E-state index in [0.717, 1.165) is 19.3 Å². The van der Waals surface area contributed by atoms with Gasteiger partial charge in [0.2, 0.25) is 0 Å². The first-order valence-electron chi connectivity index (χ1n) is 9.96. The molecule has 3 rings (SSSR count). The van der Waals surface area contributed by atoms with Gasteiger partial charge in [-0.05, 0) is 62.4 Å². The lowest BCUT2D eigenvalue weighted by Gasteiger charge is -2.26. The number of amides is 2. The molecule has 154 valence electrons. The molecule has 1 aliphatic rings. The summed E-state index contributed by atoms with van der Waals surface area (Å²) in [5, 5.41) is 5.90. The highest BCUT2D eigenvalue weighted by Gasteiger charge is 2.22. The molecule has 0 aliphatic heterocycles. The molecule has 0 radical (unpaired) electrons. The summed E-state index contributed by atoms with van der Waals surface area (Å²) in [5.41, 5.74) is 2.98. The van der Waals surface area contributed by atoms with Crippen molar-refractivity contribution in [2.24, 2.45) is 0 Å². The fourth-order valence-corrected chi connectivity index (χ4v) is 3.58. The molecular formula is C23H28N2O4. The van der Waals surface area contributed by atoms with Crippen molar-refractivity contribution in [1.82, 2.24) is 10.6 Å². The van der Waals surface area contributed by atoms with Crippen LogP contribution >= 0.6 is 0 Å². The second kappa shape index (κ2) is 9.45. The summed E-state index contributed by atoms with van der Waals surface area (Å²) in [6, 6.07) is 13.3. The fourth-order valence-electron chi connectivity index (χ4n) is 3.58. The SMILES string of the molecule is COc1cc(C(=O)N[C@H]2CCCc3ccccc32)ccc1OCC(=O)NC(C)C. The highest BCUT2D eigenvalue weighted by atomic mass is 16.5. The van der Waals surface area contributed by atoms with Crippen LogP contribution in [0.2, 0.25) is 0 Å². The number of carbonyl (C=O) groups is 2. The zero-order valence-corrected chi connectivity index (χ0v) is 17.2. The lowest BCUT2D eigenvalue weighted by molar-refractivity contribution is -0.123. The van der Waals surface area contributed by atoms with E-state index in [1.807, 2.05) is 26.0 Å². The average Bonchev–Trinajstić information content (AvgIpc) is 2.72. The van der Waals surface area contributed by atoms with E-state index in [0.29, 0.717) is 17.1 Å². The molecule has 2 amide bonds. The Morgan fingerprint density at radius 1 is 1.14 bits per heavy atom. The molecule has 0 unspecified atom stereocenters. The van der Waals surface area contributed by atoms with Crippen LogP contribution < -0.4 is 20.1 Å². The fraction of sp³-hybridized carbons (Fsp3) is 0.391. The Bertz CT molecular complexity index is 879. The largest absolute Gasteiger partial charge is 0.493 e. The number of fused-ring (bicyclic) bond motifs is 1. The number of carbonyl (C=O) groups excluding carboxylic acids is 2. The van der Waals surface area contributed by atoms with Gasteiger partial charge in [-0.2, -0.15) is 0 Å². The number of benzene rings is 2. The third kappa shape index (κ3) is 5.28. The first-order valence-corrected chi connectivity index (χ1v) is 9.96. The Hall–Kier alpha value is -3.02. The summed E-state index contributed by atoms with van der Waals surface area (Å²) in [4.78, 5) is 24.6.